The van der Waals surface area contributed by atoms with Crippen molar-refractivity contribution in [2.24, 2.45) is 0 Å². The summed E-state index contributed by atoms with van der Waals surface area (Å²) in [6, 6.07) is 2.97. The lowest BCUT2D eigenvalue weighted by Crippen LogP contribution is -2.25. The van der Waals surface area contributed by atoms with Crippen molar-refractivity contribution in [3.05, 3.63) is 23.8 Å². The Balaban J connectivity index is 2.46. The minimum atomic E-state index is -4.55. The Bertz CT molecular complexity index is 540. The average molecular weight is 273 g/mol. The van der Waals surface area contributed by atoms with Crippen molar-refractivity contribution in [3.8, 4) is 5.75 Å². The largest absolute Gasteiger partial charge is 0.497 e. The molecule has 2 rings (SSSR count). The van der Waals surface area contributed by atoms with E-state index >= 15 is 0 Å². The van der Waals surface area contributed by atoms with Crippen molar-refractivity contribution < 1.29 is 27.5 Å². The van der Waals surface area contributed by atoms with Crippen LogP contribution < -0.4 is 9.64 Å². The molecule has 0 aliphatic carbocycles. The molecule has 1 aromatic carbocycles. The summed E-state index contributed by atoms with van der Waals surface area (Å²) in [4.78, 5) is 23.7. The number of nitrogens with zero attached hydrogens (tertiary/aromatic N) is 1. The van der Waals surface area contributed by atoms with Crippen molar-refractivity contribution in [1.29, 1.82) is 0 Å². The van der Waals surface area contributed by atoms with E-state index in [-0.39, 0.29) is 30.2 Å². The fourth-order valence-corrected chi connectivity index (χ4v) is 1.84. The van der Waals surface area contributed by atoms with Crippen LogP contribution in [-0.4, -0.2) is 25.3 Å². The number of hydrogen-bond acceptors (Lipinski definition) is 3. The topological polar surface area (TPSA) is 46.6 Å². The van der Waals surface area contributed by atoms with Crippen LogP contribution in [0.15, 0.2) is 18.2 Å². The molecule has 0 radical (unpaired) electrons. The molecule has 0 saturated carbocycles. The first-order valence-corrected chi connectivity index (χ1v) is 5.39. The van der Waals surface area contributed by atoms with Crippen LogP contribution in [0.4, 0.5) is 18.9 Å². The lowest BCUT2D eigenvalue weighted by atomic mass is 10.1. The monoisotopic (exact) mass is 273 g/mol. The van der Waals surface area contributed by atoms with Gasteiger partial charge in [0.05, 0.1) is 25.6 Å². The number of carbonyl (C=O) groups is 2. The highest BCUT2D eigenvalue weighted by atomic mass is 19.4. The summed E-state index contributed by atoms with van der Waals surface area (Å²) in [7, 11) is 1.23. The molecule has 7 heteroatoms. The van der Waals surface area contributed by atoms with Crippen LogP contribution in [-0.2, 0) is 15.8 Å². The molecule has 4 nitrogen and oxygen atoms in total. The molecule has 19 heavy (non-hydrogen) atoms. The van der Waals surface area contributed by atoms with Crippen LogP contribution in [0.1, 0.15) is 12.0 Å². The van der Waals surface area contributed by atoms with E-state index in [0.717, 1.165) is 17.0 Å². The van der Waals surface area contributed by atoms with E-state index in [1.165, 1.54) is 13.2 Å². The first-order valence-electron chi connectivity index (χ1n) is 5.39. The van der Waals surface area contributed by atoms with Crippen LogP contribution in [0.2, 0.25) is 0 Å². The number of hydrogen-bond donors (Lipinski definition) is 0. The number of carbonyl (C=O) groups excluding carboxylic acids is 2. The minimum absolute atomic E-state index is 0.0162. The van der Waals surface area contributed by atoms with Crippen LogP contribution in [0.5, 0.6) is 5.75 Å². The first kappa shape index (κ1) is 13.4. The van der Waals surface area contributed by atoms with E-state index in [1.54, 1.807) is 0 Å². The van der Waals surface area contributed by atoms with Gasteiger partial charge in [0.1, 0.15) is 5.75 Å². The fourth-order valence-electron chi connectivity index (χ4n) is 1.84. The van der Waals surface area contributed by atoms with Crippen LogP contribution in [0.3, 0.4) is 0 Å². The van der Waals surface area contributed by atoms with Crippen molar-refractivity contribution >= 4 is 17.4 Å². The molecule has 0 aromatic heterocycles. The van der Waals surface area contributed by atoms with Gasteiger partial charge in [0.15, 0.2) is 5.78 Å². The number of rotatable bonds is 2. The maximum Gasteiger partial charge on any atom is 0.416 e. The summed E-state index contributed by atoms with van der Waals surface area (Å²) >= 11 is 0. The van der Waals surface area contributed by atoms with Crippen molar-refractivity contribution in [2.75, 3.05) is 18.6 Å². The highest BCUT2D eigenvalue weighted by Crippen LogP contribution is 2.35. The second kappa shape index (κ2) is 4.56. The maximum absolute atomic E-state index is 12.7. The number of methoxy groups -OCH3 is 1. The Morgan fingerprint density at radius 2 is 1.89 bits per heavy atom. The summed E-state index contributed by atoms with van der Waals surface area (Å²) in [6.07, 6.45) is -4.82. The van der Waals surface area contributed by atoms with Gasteiger partial charge in [-0.2, -0.15) is 13.2 Å². The van der Waals surface area contributed by atoms with Crippen molar-refractivity contribution in [1.82, 2.24) is 0 Å². The van der Waals surface area contributed by atoms with Crippen LogP contribution in [0, 0.1) is 0 Å². The SMILES string of the molecule is COc1cc(N2CC(=O)CC2=O)cc(C(F)(F)F)c1. The van der Waals surface area contributed by atoms with Crippen LogP contribution >= 0.6 is 0 Å². The normalized spacial score (nSPS) is 16.1. The number of benzene rings is 1. The molecule has 1 amide bonds. The second-order valence-corrected chi connectivity index (χ2v) is 4.11. The third kappa shape index (κ3) is 2.69. The van der Waals surface area contributed by atoms with E-state index in [2.05, 4.69) is 0 Å². The van der Waals surface area contributed by atoms with Gasteiger partial charge in [-0.3, -0.25) is 9.59 Å². The van der Waals surface area contributed by atoms with Gasteiger partial charge in [-0.1, -0.05) is 0 Å². The highest BCUT2D eigenvalue weighted by molar-refractivity contribution is 6.15. The average Bonchev–Trinajstić information content (AvgIpc) is 2.66. The van der Waals surface area contributed by atoms with Gasteiger partial charge in [0.2, 0.25) is 5.91 Å². The number of alkyl halides is 3. The van der Waals surface area contributed by atoms with E-state index in [9.17, 15) is 22.8 Å². The quantitative estimate of drug-likeness (QED) is 0.774. The molecule has 1 aliphatic rings. The van der Waals surface area contributed by atoms with Gasteiger partial charge >= 0.3 is 6.18 Å². The Morgan fingerprint density at radius 1 is 1.21 bits per heavy atom. The second-order valence-electron chi connectivity index (χ2n) is 4.11. The molecule has 0 N–H and O–H groups in total. The highest BCUT2D eigenvalue weighted by Gasteiger charge is 2.34. The Labute approximate surface area is 106 Å². The van der Waals surface area contributed by atoms with Crippen LogP contribution in [0.25, 0.3) is 0 Å². The predicted octanol–water partition coefficient (Wildman–Crippen LogP) is 2.02. The van der Waals surface area contributed by atoms with E-state index in [4.69, 9.17) is 4.74 Å². The van der Waals surface area contributed by atoms with E-state index < -0.39 is 17.6 Å². The predicted molar refractivity (Wildman–Crippen MR) is 60.0 cm³/mol. The summed E-state index contributed by atoms with van der Waals surface area (Å²) in [5, 5.41) is 0. The fraction of sp³-hybridized carbons (Fsp3) is 0.333. The Hall–Kier alpha value is -2.05. The Morgan fingerprint density at radius 3 is 2.37 bits per heavy atom. The molecule has 1 aromatic rings. The molecule has 1 fully saturated rings. The zero-order valence-corrected chi connectivity index (χ0v) is 9.95. The molecule has 0 bridgehead atoms. The van der Waals surface area contributed by atoms with Gasteiger partial charge in [0.25, 0.3) is 0 Å². The van der Waals surface area contributed by atoms with Crippen molar-refractivity contribution in [2.45, 2.75) is 12.6 Å². The minimum Gasteiger partial charge on any atom is -0.497 e. The molecule has 0 atom stereocenters. The zero-order valence-electron chi connectivity index (χ0n) is 9.95. The van der Waals surface area contributed by atoms with Gasteiger partial charge in [0, 0.05) is 11.8 Å². The molecule has 0 spiro atoms. The molecular formula is C12H10F3NO3. The number of ketones is 1. The van der Waals surface area contributed by atoms with E-state index in [1.807, 2.05) is 0 Å². The molecule has 1 aliphatic heterocycles. The third-order valence-corrected chi connectivity index (χ3v) is 2.75. The summed E-state index contributed by atoms with van der Waals surface area (Å²) in [6.45, 7) is -0.205. The first-order chi connectivity index (χ1) is 8.81. The number of amides is 1. The molecule has 1 heterocycles. The maximum atomic E-state index is 12.7. The lowest BCUT2D eigenvalue weighted by molar-refractivity contribution is -0.137. The zero-order chi connectivity index (χ0) is 14.2. The number of anilines is 1. The summed E-state index contributed by atoms with van der Waals surface area (Å²) in [5.74, 6) is -0.843. The molecule has 0 unspecified atom stereocenters. The number of halogens is 3. The smallest absolute Gasteiger partial charge is 0.416 e. The number of Topliss-reactive ketones (excluding diaryl/α,β-unsaturated/α-hetero) is 1. The van der Waals surface area contributed by atoms with Gasteiger partial charge in [-0.05, 0) is 12.1 Å². The van der Waals surface area contributed by atoms with E-state index in [0.29, 0.717) is 0 Å². The summed E-state index contributed by atoms with van der Waals surface area (Å²) < 4.78 is 42.9. The third-order valence-electron chi connectivity index (χ3n) is 2.75. The standard InChI is InChI=1S/C12H10F3NO3/c1-19-10-3-7(12(13,14)15)2-8(4-10)16-6-9(17)5-11(16)18/h2-4H,5-6H2,1H3. The van der Waals surface area contributed by atoms with Crippen molar-refractivity contribution in [3.63, 3.8) is 0 Å². The van der Waals surface area contributed by atoms with Gasteiger partial charge in [-0.15, -0.1) is 0 Å². The molecule has 1 saturated heterocycles. The summed E-state index contributed by atoms with van der Waals surface area (Å²) in [5.41, 5.74) is -0.906. The Kier molecular flexibility index (Phi) is 3.21. The number of ether oxygens (including phenoxy) is 1. The molecular weight excluding hydrogens is 263 g/mol. The lowest BCUT2D eigenvalue weighted by Gasteiger charge is -2.18. The molecule has 102 valence electrons. The van der Waals surface area contributed by atoms with Gasteiger partial charge in [-0.25, -0.2) is 0 Å². The van der Waals surface area contributed by atoms with Gasteiger partial charge < -0.3 is 9.64 Å².